The summed E-state index contributed by atoms with van der Waals surface area (Å²) in [5.41, 5.74) is 10.8. The number of hydrogen-bond acceptors (Lipinski definition) is 2. The van der Waals surface area contributed by atoms with Gasteiger partial charge in [-0.15, -0.1) is 0 Å². The second-order valence-electron chi connectivity index (χ2n) is 4.49. The summed E-state index contributed by atoms with van der Waals surface area (Å²) in [6.45, 7) is 0. The van der Waals surface area contributed by atoms with E-state index in [1.807, 2.05) is 24.4 Å². The van der Waals surface area contributed by atoms with Crippen molar-refractivity contribution in [3.05, 3.63) is 52.1 Å². The van der Waals surface area contributed by atoms with E-state index in [4.69, 9.17) is 5.73 Å². The summed E-state index contributed by atoms with van der Waals surface area (Å²) in [6, 6.07) is 10.6. The van der Waals surface area contributed by atoms with Gasteiger partial charge in [0.1, 0.15) is 0 Å². The van der Waals surface area contributed by atoms with Crippen molar-refractivity contribution >= 4 is 15.9 Å². The number of benzene rings is 1. The van der Waals surface area contributed by atoms with Gasteiger partial charge in [-0.2, -0.15) is 0 Å². The van der Waals surface area contributed by atoms with E-state index in [1.54, 1.807) is 0 Å². The van der Waals surface area contributed by atoms with Gasteiger partial charge < -0.3 is 5.73 Å². The molecule has 0 saturated heterocycles. The van der Waals surface area contributed by atoms with Crippen LogP contribution in [-0.2, 0) is 12.8 Å². The van der Waals surface area contributed by atoms with Crippen molar-refractivity contribution in [2.45, 2.75) is 18.9 Å². The predicted octanol–water partition coefficient (Wildman–Crippen LogP) is 2.94. The highest BCUT2D eigenvalue weighted by molar-refractivity contribution is 9.10. The highest BCUT2D eigenvalue weighted by Gasteiger charge is 2.19. The zero-order valence-corrected chi connectivity index (χ0v) is 10.9. The standard InChI is InChI=1S/C14H13BrN2/c15-13-4-2-1-3-12(13)14-7-9-5-11(16)6-10(9)8-17-14/h1-4,7-8,11H,5-6,16H2. The molecule has 0 aliphatic heterocycles. The number of aromatic nitrogens is 1. The molecule has 3 rings (SSSR count). The van der Waals surface area contributed by atoms with Crippen LogP contribution >= 0.6 is 15.9 Å². The van der Waals surface area contributed by atoms with Crippen molar-refractivity contribution in [3.63, 3.8) is 0 Å². The molecule has 0 radical (unpaired) electrons. The molecule has 0 fully saturated rings. The number of hydrogen-bond donors (Lipinski definition) is 1. The van der Waals surface area contributed by atoms with Gasteiger partial charge in [0.25, 0.3) is 0 Å². The van der Waals surface area contributed by atoms with E-state index in [0.29, 0.717) is 0 Å². The number of nitrogens with zero attached hydrogens (tertiary/aromatic N) is 1. The quantitative estimate of drug-likeness (QED) is 0.876. The van der Waals surface area contributed by atoms with Gasteiger partial charge >= 0.3 is 0 Å². The Morgan fingerprint density at radius 1 is 1.18 bits per heavy atom. The van der Waals surface area contributed by atoms with Crippen LogP contribution < -0.4 is 5.73 Å². The third-order valence-electron chi connectivity index (χ3n) is 3.20. The van der Waals surface area contributed by atoms with Crippen molar-refractivity contribution in [3.8, 4) is 11.3 Å². The van der Waals surface area contributed by atoms with Gasteiger partial charge in [-0.25, -0.2) is 0 Å². The van der Waals surface area contributed by atoms with Crippen LogP contribution in [-0.4, -0.2) is 11.0 Å². The average Bonchev–Trinajstić information content (AvgIpc) is 2.68. The van der Waals surface area contributed by atoms with Crippen molar-refractivity contribution in [1.29, 1.82) is 0 Å². The third-order valence-corrected chi connectivity index (χ3v) is 3.89. The lowest BCUT2D eigenvalue weighted by molar-refractivity contribution is 0.721. The number of pyridine rings is 1. The molecule has 1 atom stereocenters. The van der Waals surface area contributed by atoms with Crippen molar-refractivity contribution in [2.75, 3.05) is 0 Å². The highest BCUT2D eigenvalue weighted by Crippen LogP contribution is 2.29. The minimum Gasteiger partial charge on any atom is -0.327 e. The molecule has 0 bridgehead atoms. The molecule has 1 heterocycles. The summed E-state index contributed by atoms with van der Waals surface area (Å²) in [6.07, 6.45) is 3.89. The zero-order valence-electron chi connectivity index (χ0n) is 9.36. The minimum atomic E-state index is 0.265. The summed E-state index contributed by atoms with van der Waals surface area (Å²) in [5.74, 6) is 0. The normalized spacial score (nSPS) is 18.1. The molecule has 3 heteroatoms. The second-order valence-corrected chi connectivity index (χ2v) is 5.34. The van der Waals surface area contributed by atoms with E-state index in [-0.39, 0.29) is 6.04 Å². The molecule has 1 aromatic heterocycles. The van der Waals surface area contributed by atoms with Crippen LogP contribution in [0.3, 0.4) is 0 Å². The molecule has 0 amide bonds. The summed E-state index contributed by atoms with van der Waals surface area (Å²) >= 11 is 3.56. The summed E-state index contributed by atoms with van der Waals surface area (Å²) in [4.78, 5) is 4.53. The van der Waals surface area contributed by atoms with Crippen molar-refractivity contribution < 1.29 is 0 Å². The van der Waals surface area contributed by atoms with Gasteiger partial charge in [0.2, 0.25) is 0 Å². The van der Waals surface area contributed by atoms with Crippen LogP contribution in [0.2, 0.25) is 0 Å². The summed E-state index contributed by atoms with van der Waals surface area (Å²) < 4.78 is 1.08. The topological polar surface area (TPSA) is 38.9 Å². The van der Waals surface area contributed by atoms with E-state index >= 15 is 0 Å². The summed E-state index contributed by atoms with van der Waals surface area (Å²) in [7, 11) is 0. The maximum Gasteiger partial charge on any atom is 0.0716 e. The molecule has 0 saturated carbocycles. The highest BCUT2D eigenvalue weighted by atomic mass is 79.9. The van der Waals surface area contributed by atoms with E-state index < -0.39 is 0 Å². The van der Waals surface area contributed by atoms with Crippen LogP contribution in [0.25, 0.3) is 11.3 Å². The molecule has 17 heavy (non-hydrogen) atoms. The molecule has 1 aliphatic carbocycles. The van der Waals surface area contributed by atoms with Crippen molar-refractivity contribution in [1.82, 2.24) is 4.98 Å². The zero-order chi connectivity index (χ0) is 11.8. The van der Waals surface area contributed by atoms with Gasteiger partial charge in [0.15, 0.2) is 0 Å². The maximum atomic E-state index is 5.97. The Morgan fingerprint density at radius 3 is 2.76 bits per heavy atom. The molecule has 86 valence electrons. The molecule has 1 aromatic carbocycles. The van der Waals surface area contributed by atoms with E-state index in [2.05, 4.69) is 33.0 Å². The first-order valence-electron chi connectivity index (χ1n) is 5.72. The largest absolute Gasteiger partial charge is 0.327 e. The SMILES string of the molecule is NC1Cc2cnc(-c3ccccc3Br)cc2C1. The fourth-order valence-electron chi connectivity index (χ4n) is 2.35. The number of nitrogens with two attached hydrogens (primary N) is 1. The van der Waals surface area contributed by atoms with E-state index in [0.717, 1.165) is 28.6 Å². The van der Waals surface area contributed by atoms with Gasteiger partial charge in [0.05, 0.1) is 5.69 Å². The Kier molecular flexibility index (Phi) is 2.73. The molecule has 1 aliphatic rings. The monoisotopic (exact) mass is 288 g/mol. The lowest BCUT2D eigenvalue weighted by Gasteiger charge is -2.05. The Balaban J connectivity index is 2.07. The Bertz CT molecular complexity index is 566. The molecule has 0 spiro atoms. The first kappa shape index (κ1) is 10.9. The average molecular weight is 289 g/mol. The molecular formula is C14H13BrN2. The van der Waals surface area contributed by atoms with Crippen LogP contribution in [0.4, 0.5) is 0 Å². The molecular weight excluding hydrogens is 276 g/mol. The van der Waals surface area contributed by atoms with Gasteiger partial charge in [-0.05, 0) is 36.1 Å². The second kappa shape index (κ2) is 4.24. The Hall–Kier alpha value is -1.19. The fraction of sp³-hybridized carbons (Fsp3) is 0.214. The number of fused-ring (bicyclic) bond motifs is 1. The minimum absolute atomic E-state index is 0.265. The third kappa shape index (κ3) is 2.01. The van der Waals surface area contributed by atoms with Gasteiger partial charge in [-0.1, -0.05) is 34.1 Å². The molecule has 1 unspecified atom stereocenters. The van der Waals surface area contributed by atoms with E-state index in [1.165, 1.54) is 11.1 Å². The van der Waals surface area contributed by atoms with Crippen LogP contribution in [0.1, 0.15) is 11.1 Å². The predicted molar refractivity (Wildman–Crippen MR) is 72.8 cm³/mol. The molecule has 2 N–H and O–H groups in total. The maximum absolute atomic E-state index is 5.97. The Morgan fingerprint density at radius 2 is 1.94 bits per heavy atom. The Labute approximate surface area is 109 Å². The van der Waals surface area contributed by atoms with Crippen LogP contribution in [0.5, 0.6) is 0 Å². The molecule has 2 aromatic rings. The van der Waals surface area contributed by atoms with Gasteiger partial charge in [-0.3, -0.25) is 4.98 Å². The number of halogens is 1. The van der Waals surface area contributed by atoms with Crippen LogP contribution in [0, 0.1) is 0 Å². The lowest BCUT2D eigenvalue weighted by atomic mass is 10.1. The van der Waals surface area contributed by atoms with Crippen molar-refractivity contribution in [2.24, 2.45) is 5.73 Å². The lowest BCUT2D eigenvalue weighted by Crippen LogP contribution is -2.18. The van der Waals surface area contributed by atoms with Crippen LogP contribution in [0.15, 0.2) is 41.0 Å². The molecule has 2 nitrogen and oxygen atoms in total. The first-order valence-corrected chi connectivity index (χ1v) is 6.51. The van der Waals surface area contributed by atoms with Gasteiger partial charge in [0, 0.05) is 22.3 Å². The number of rotatable bonds is 1. The summed E-state index contributed by atoms with van der Waals surface area (Å²) in [5, 5.41) is 0. The smallest absolute Gasteiger partial charge is 0.0716 e. The first-order chi connectivity index (χ1) is 8.24. The fourth-order valence-corrected chi connectivity index (χ4v) is 2.84. The van der Waals surface area contributed by atoms with E-state index in [9.17, 15) is 0 Å².